The first-order valence-corrected chi connectivity index (χ1v) is 6.58. The van der Waals surface area contributed by atoms with Gasteiger partial charge in [-0.25, -0.2) is 9.59 Å². The third-order valence-electron chi connectivity index (χ3n) is 2.36. The molecule has 0 aliphatic rings. The van der Waals surface area contributed by atoms with Gasteiger partial charge in [-0.2, -0.15) is 0 Å². The quantitative estimate of drug-likeness (QED) is 0.853. The highest BCUT2D eigenvalue weighted by atomic mass is 32.1. The Morgan fingerprint density at radius 1 is 1.21 bits per heavy atom. The van der Waals surface area contributed by atoms with Crippen molar-refractivity contribution in [2.24, 2.45) is 0 Å². The minimum atomic E-state index is -0.980. The van der Waals surface area contributed by atoms with Crippen molar-refractivity contribution in [2.45, 2.75) is 26.4 Å². The summed E-state index contributed by atoms with van der Waals surface area (Å²) in [6.07, 6.45) is 0. The number of fused-ring (bicyclic) bond motifs is 1. The van der Waals surface area contributed by atoms with E-state index in [4.69, 9.17) is 9.84 Å². The Bertz CT molecular complexity index is 649. The lowest BCUT2D eigenvalue weighted by Crippen LogP contribution is -2.23. The standard InChI is InChI=1S/C14H14O4S/c1-14(2,3)18-13(17)11-7-9-6-8(12(15)16)4-5-10(9)19-11/h4-7H,1-3H3,(H,15,16). The highest BCUT2D eigenvalue weighted by Crippen LogP contribution is 2.28. The minimum Gasteiger partial charge on any atom is -0.478 e. The first kappa shape index (κ1) is 13.5. The molecule has 0 radical (unpaired) electrons. The fourth-order valence-corrected chi connectivity index (χ4v) is 2.52. The molecule has 19 heavy (non-hydrogen) atoms. The molecule has 100 valence electrons. The number of aromatic carboxylic acids is 1. The molecule has 5 heteroatoms. The Morgan fingerprint density at radius 3 is 2.47 bits per heavy atom. The Kier molecular flexibility index (Phi) is 3.32. The van der Waals surface area contributed by atoms with Crippen LogP contribution < -0.4 is 0 Å². The second-order valence-electron chi connectivity index (χ2n) is 5.17. The van der Waals surface area contributed by atoms with E-state index in [0.717, 1.165) is 10.1 Å². The minimum absolute atomic E-state index is 0.209. The first-order chi connectivity index (χ1) is 8.76. The van der Waals surface area contributed by atoms with Crippen LogP contribution in [0.2, 0.25) is 0 Å². The molecule has 0 aliphatic heterocycles. The largest absolute Gasteiger partial charge is 0.478 e. The van der Waals surface area contributed by atoms with Gasteiger partial charge in [0.05, 0.1) is 5.56 Å². The van der Waals surface area contributed by atoms with Gasteiger partial charge in [0.2, 0.25) is 0 Å². The molecule has 1 heterocycles. The summed E-state index contributed by atoms with van der Waals surface area (Å²) < 4.78 is 6.15. The predicted molar refractivity (Wildman–Crippen MR) is 74.0 cm³/mol. The number of carboxylic acids is 1. The monoisotopic (exact) mass is 278 g/mol. The van der Waals surface area contributed by atoms with Crippen LogP contribution in [0.15, 0.2) is 24.3 Å². The molecule has 0 saturated heterocycles. The average Bonchev–Trinajstić information content (AvgIpc) is 2.68. The lowest BCUT2D eigenvalue weighted by Gasteiger charge is -2.18. The number of ether oxygens (including phenoxy) is 1. The number of hydrogen-bond acceptors (Lipinski definition) is 4. The molecule has 1 aromatic heterocycles. The molecule has 1 aromatic carbocycles. The zero-order valence-electron chi connectivity index (χ0n) is 10.9. The molecular weight excluding hydrogens is 264 g/mol. The number of carbonyl (C=O) groups excluding carboxylic acids is 1. The van der Waals surface area contributed by atoms with Gasteiger partial charge in [0.1, 0.15) is 10.5 Å². The summed E-state index contributed by atoms with van der Waals surface area (Å²) in [5.41, 5.74) is -0.333. The van der Waals surface area contributed by atoms with Crippen LogP contribution in [0.1, 0.15) is 40.8 Å². The maximum absolute atomic E-state index is 11.9. The summed E-state index contributed by atoms with van der Waals surface area (Å²) in [5, 5.41) is 9.67. The number of carboxylic acid groups (broad SMARTS) is 1. The molecule has 0 fully saturated rings. The molecule has 0 aliphatic carbocycles. The van der Waals surface area contributed by atoms with E-state index in [2.05, 4.69) is 0 Å². The van der Waals surface area contributed by atoms with E-state index in [1.54, 1.807) is 39.0 Å². The summed E-state index contributed by atoms with van der Waals surface area (Å²) >= 11 is 1.30. The molecule has 4 nitrogen and oxygen atoms in total. The average molecular weight is 278 g/mol. The van der Waals surface area contributed by atoms with Crippen LogP contribution in [0, 0.1) is 0 Å². The molecular formula is C14H14O4S. The van der Waals surface area contributed by atoms with Gasteiger partial charge in [0, 0.05) is 4.70 Å². The summed E-state index contributed by atoms with van der Waals surface area (Å²) in [5.74, 6) is -1.36. The van der Waals surface area contributed by atoms with Crippen molar-refractivity contribution in [1.82, 2.24) is 0 Å². The van der Waals surface area contributed by atoms with E-state index in [0.29, 0.717) is 4.88 Å². The Balaban J connectivity index is 2.36. The molecule has 2 aromatic rings. The van der Waals surface area contributed by atoms with Crippen molar-refractivity contribution in [2.75, 3.05) is 0 Å². The third kappa shape index (κ3) is 3.12. The number of hydrogen-bond donors (Lipinski definition) is 1. The van der Waals surface area contributed by atoms with Gasteiger partial charge < -0.3 is 9.84 Å². The SMILES string of the molecule is CC(C)(C)OC(=O)c1cc2cc(C(=O)O)ccc2s1. The third-order valence-corrected chi connectivity index (χ3v) is 3.46. The zero-order valence-corrected chi connectivity index (χ0v) is 11.7. The molecule has 0 saturated carbocycles. The first-order valence-electron chi connectivity index (χ1n) is 5.76. The van der Waals surface area contributed by atoms with Crippen LogP contribution in [0.3, 0.4) is 0 Å². The molecule has 0 atom stereocenters. The molecule has 2 rings (SSSR count). The summed E-state index contributed by atoms with van der Waals surface area (Å²) in [7, 11) is 0. The summed E-state index contributed by atoms with van der Waals surface area (Å²) in [6, 6.07) is 6.46. The fraction of sp³-hybridized carbons (Fsp3) is 0.286. The van der Waals surface area contributed by atoms with Gasteiger partial charge in [-0.1, -0.05) is 0 Å². The van der Waals surface area contributed by atoms with Crippen molar-refractivity contribution in [1.29, 1.82) is 0 Å². The van der Waals surface area contributed by atoms with E-state index in [1.807, 2.05) is 0 Å². The van der Waals surface area contributed by atoms with E-state index < -0.39 is 11.6 Å². The second kappa shape index (κ2) is 4.66. The van der Waals surface area contributed by atoms with Crippen molar-refractivity contribution in [3.63, 3.8) is 0 Å². The van der Waals surface area contributed by atoms with Crippen molar-refractivity contribution in [3.05, 3.63) is 34.7 Å². The summed E-state index contributed by atoms with van der Waals surface area (Å²) in [6.45, 7) is 5.42. The fourth-order valence-electron chi connectivity index (χ4n) is 1.61. The van der Waals surface area contributed by atoms with Crippen LogP contribution in [0.4, 0.5) is 0 Å². The van der Waals surface area contributed by atoms with Crippen LogP contribution in [-0.2, 0) is 4.74 Å². The number of rotatable bonds is 2. The highest BCUT2D eigenvalue weighted by molar-refractivity contribution is 7.20. The van der Waals surface area contributed by atoms with E-state index in [9.17, 15) is 9.59 Å². The maximum Gasteiger partial charge on any atom is 0.348 e. The molecule has 0 unspecified atom stereocenters. The van der Waals surface area contributed by atoms with Gasteiger partial charge in [-0.3, -0.25) is 0 Å². The lowest BCUT2D eigenvalue weighted by atomic mass is 10.1. The van der Waals surface area contributed by atoms with Crippen LogP contribution in [0.5, 0.6) is 0 Å². The van der Waals surface area contributed by atoms with E-state index >= 15 is 0 Å². The number of carbonyl (C=O) groups is 2. The number of benzene rings is 1. The van der Waals surface area contributed by atoms with Crippen molar-refractivity contribution >= 4 is 33.4 Å². The smallest absolute Gasteiger partial charge is 0.348 e. The van der Waals surface area contributed by atoms with E-state index in [1.165, 1.54) is 17.4 Å². The Morgan fingerprint density at radius 2 is 1.89 bits per heavy atom. The van der Waals surface area contributed by atoms with Gasteiger partial charge in [0.15, 0.2) is 0 Å². The van der Waals surface area contributed by atoms with Gasteiger partial charge in [0.25, 0.3) is 0 Å². The lowest BCUT2D eigenvalue weighted by molar-refractivity contribution is 0.00751. The molecule has 0 spiro atoms. The Labute approximate surface area is 114 Å². The van der Waals surface area contributed by atoms with Crippen LogP contribution in [0.25, 0.3) is 10.1 Å². The van der Waals surface area contributed by atoms with Gasteiger partial charge >= 0.3 is 11.9 Å². The van der Waals surface area contributed by atoms with E-state index in [-0.39, 0.29) is 11.5 Å². The number of esters is 1. The molecule has 1 N–H and O–H groups in total. The highest BCUT2D eigenvalue weighted by Gasteiger charge is 2.20. The van der Waals surface area contributed by atoms with Gasteiger partial charge in [-0.05, 0) is 50.4 Å². The maximum atomic E-state index is 11.9. The Hall–Kier alpha value is -1.88. The van der Waals surface area contributed by atoms with Crippen molar-refractivity contribution in [3.8, 4) is 0 Å². The predicted octanol–water partition coefficient (Wildman–Crippen LogP) is 3.55. The molecule has 0 amide bonds. The second-order valence-corrected chi connectivity index (χ2v) is 6.25. The topological polar surface area (TPSA) is 63.6 Å². The molecule has 0 bridgehead atoms. The zero-order chi connectivity index (χ0) is 14.2. The number of thiophene rings is 1. The normalized spacial score (nSPS) is 11.5. The van der Waals surface area contributed by atoms with Crippen molar-refractivity contribution < 1.29 is 19.4 Å². The van der Waals surface area contributed by atoms with Crippen LogP contribution >= 0.6 is 11.3 Å². The van der Waals surface area contributed by atoms with Crippen LogP contribution in [-0.4, -0.2) is 22.6 Å². The summed E-state index contributed by atoms with van der Waals surface area (Å²) in [4.78, 5) is 23.3. The van der Waals surface area contributed by atoms with Gasteiger partial charge in [-0.15, -0.1) is 11.3 Å².